The van der Waals surface area contributed by atoms with Crippen molar-refractivity contribution >= 4 is 38.3 Å². The predicted octanol–water partition coefficient (Wildman–Crippen LogP) is 6.06. The summed E-state index contributed by atoms with van der Waals surface area (Å²) in [5.74, 6) is -0.0403. The Hall–Kier alpha value is -2.02. The van der Waals surface area contributed by atoms with E-state index >= 15 is 0 Å². The maximum absolute atomic E-state index is 12.0. The van der Waals surface area contributed by atoms with Crippen LogP contribution in [0.4, 0.5) is 10.8 Å². The highest BCUT2D eigenvalue weighted by atomic mass is 32.1. The number of hydrogen-bond donors (Lipinski definition) is 1. The molecule has 0 aliphatic rings. The number of unbranched alkanes of at least 4 members (excludes halogenated alkanes) is 8. The van der Waals surface area contributed by atoms with Gasteiger partial charge in [0, 0.05) is 18.6 Å². The third-order valence-electron chi connectivity index (χ3n) is 4.34. The molecule has 0 bridgehead atoms. The van der Waals surface area contributed by atoms with Crippen LogP contribution in [0, 0.1) is 10.1 Å². The van der Waals surface area contributed by atoms with Crippen molar-refractivity contribution in [2.24, 2.45) is 0 Å². The van der Waals surface area contributed by atoms with E-state index in [0.717, 1.165) is 12.8 Å². The molecule has 0 aliphatic heterocycles. The fourth-order valence-corrected chi connectivity index (χ4v) is 3.77. The van der Waals surface area contributed by atoms with Gasteiger partial charge in [0.05, 0.1) is 15.1 Å². The maximum atomic E-state index is 12.0. The third kappa shape index (κ3) is 6.71. The van der Waals surface area contributed by atoms with Crippen LogP contribution in [0.2, 0.25) is 0 Å². The first-order valence-corrected chi connectivity index (χ1v) is 10.3. The summed E-state index contributed by atoms with van der Waals surface area (Å²) in [7, 11) is 0. The molecule has 26 heavy (non-hydrogen) atoms. The maximum Gasteiger partial charge on any atom is 0.270 e. The average Bonchev–Trinajstić information content (AvgIpc) is 3.01. The molecule has 1 aromatic carbocycles. The summed E-state index contributed by atoms with van der Waals surface area (Å²) in [6.45, 7) is 2.23. The van der Waals surface area contributed by atoms with Gasteiger partial charge in [-0.25, -0.2) is 4.98 Å². The van der Waals surface area contributed by atoms with Crippen molar-refractivity contribution < 1.29 is 9.72 Å². The number of anilines is 1. The van der Waals surface area contributed by atoms with Crippen LogP contribution in [0.15, 0.2) is 18.2 Å². The molecule has 2 aromatic rings. The number of hydrogen-bond acceptors (Lipinski definition) is 5. The average molecular weight is 378 g/mol. The minimum absolute atomic E-state index is 0.0359. The number of nitrogens with one attached hydrogen (secondary N) is 1. The summed E-state index contributed by atoms with van der Waals surface area (Å²) in [5, 5.41) is 14.1. The largest absolute Gasteiger partial charge is 0.302 e. The van der Waals surface area contributed by atoms with Gasteiger partial charge in [-0.05, 0) is 12.5 Å². The number of fused-ring (bicyclic) bond motifs is 1. The summed E-state index contributed by atoms with van der Waals surface area (Å²) in [6, 6.07) is 4.53. The fraction of sp³-hybridized carbons (Fsp3) is 0.579. The highest BCUT2D eigenvalue weighted by Gasteiger charge is 2.11. The van der Waals surface area contributed by atoms with Gasteiger partial charge in [0.25, 0.3) is 5.69 Å². The third-order valence-corrected chi connectivity index (χ3v) is 5.27. The van der Waals surface area contributed by atoms with Crippen molar-refractivity contribution in [2.45, 2.75) is 71.1 Å². The summed E-state index contributed by atoms with van der Waals surface area (Å²) in [5.41, 5.74) is 0.702. The number of nitro groups is 1. The van der Waals surface area contributed by atoms with E-state index in [0.29, 0.717) is 21.8 Å². The molecule has 0 aliphatic carbocycles. The van der Waals surface area contributed by atoms with Crippen LogP contribution < -0.4 is 5.32 Å². The summed E-state index contributed by atoms with van der Waals surface area (Å²) in [6.07, 6.45) is 11.5. The number of amides is 1. The summed E-state index contributed by atoms with van der Waals surface area (Å²) >= 11 is 1.27. The molecule has 1 aromatic heterocycles. The second-order valence-electron chi connectivity index (χ2n) is 6.55. The van der Waals surface area contributed by atoms with E-state index in [-0.39, 0.29) is 11.6 Å². The molecule has 142 valence electrons. The fourth-order valence-electron chi connectivity index (χ4n) is 2.86. The summed E-state index contributed by atoms with van der Waals surface area (Å²) in [4.78, 5) is 26.7. The molecule has 0 spiro atoms. The zero-order chi connectivity index (χ0) is 18.8. The molecule has 7 heteroatoms. The number of non-ortho nitro benzene ring substituents is 1. The first-order chi connectivity index (χ1) is 12.6. The van der Waals surface area contributed by atoms with Crippen molar-refractivity contribution in [3.05, 3.63) is 28.3 Å². The van der Waals surface area contributed by atoms with Crippen molar-refractivity contribution in [1.82, 2.24) is 4.98 Å². The number of nitro benzene ring substituents is 1. The van der Waals surface area contributed by atoms with Crippen LogP contribution in [0.25, 0.3) is 10.2 Å². The van der Waals surface area contributed by atoms with E-state index in [1.807, 2.05) is 0 Å². The van der Waals surface area contributed by atoms with Crippen LogP contribution in [-0.2, 0) is 4.79 Å². The van der Waals surface area contributed by atoms with E-state index in [2.05, 4.69) is 17.2 Å². The Morgan fingerprint density at radius 2 is 1.77 bits per heavy atom. The van der Waals surface area contributed by atoms with Crippen LogP contribution in [-0.4, -0.2) is 15.8 Å². The normalized spacial score (nSPS) is 11.0. The van der Waals surface area contributed by atoms with Crippen molar-refractivity contribution in [1.29, 1.82) is 0 Å². The zero-order valence-corrected chi connectivity index (χ0v) is 16.1. The van der Waals surface area contributed by atoms with Gasteiger partial charge >= 0.3 is 0 Å². The SMILES string of the molecule is CCCCCCCCCCCC(=O)Nc1nc2ccc([N+](=O)[O-])cc2s1. The van der Waals surface area contributed by atoms with Crippen molar-refractivity contribution in [3.63, 3.8) is 0 Å². The molecule has 1 amide bonds. The highest BCUT2D eigenvalue weighted by Crippen LogP contribution is 2.29. The second-order valence-corrected chi connectivity index (χ2v) is 7.59. The molecule has 0 radical (unpaired) electrons. The number of thiazole rings is 1. The molecule has 0 saturated carbocycles. The van der Waals surface area contributed by atoms with E-state index in [1.54, 1.807) is 6.07 Å². The van der Waals surface area contributed by atoms with Gasteiger partial charge in [0.15, 0.2) is 5.13 Å². The Balaban J connectivity index is 1.66. The molecular weight excluding hydrogens is 350 g/mol. The molecule has 0 saturated heterocycles. The molecule has 6 nitrogen and oxygen atoms in total. The first-order valence-electron chi connectivity index (χ1n) is 9.45. The van der Waals surface area contributed by atoms with Gasteiger partial charge in [0.1, 0.15) is 0 Å². The second kappa shape index (κ2) is 10.9. The van der Waals surface area contributed by atoms with Gasteiger partial charge in [-0.3, -0.25) is 14.9 Å². The molecule has 0 unspecified atom stereocenters. The van der Waals surface area contributed by atoms with E-state index in [9.17, 15) is 14.9 Å². The zero-order valence-electron chi connectivity index (χ0n) is 15.3. The number of rotatable bonds is 12. The Bertz CT molecular complexity index is 730. The first kappa shape index (κ1) is 20.3. The Morgan fingerprint density at radius 1 is 1.12 bits per heavy atom. The highest BCUT2D eigenvalue weighted by molar-refractivity contribution is 7.22. The van der Waals surface area contributed by atoms with Gasteiger partial charge < -0.3 is 5.32 Å². The van der Waals surface area contributed by atoms with Gasteiger partial charge in [-0.15, -0.1) is 0 Å². The molecule has 2 rings (SSSR count). The lowest BCUT2D eigenvalue weighted by Gasteiger charge is -2.02. The Morgan fingerprint density at radius 3 is 2.42 bits per heavy atom. The number of benzene rings is 1. The van der Waals surface area contributed by atoms with Gasteiger partial charge in [0.2, 0.25) is 5.91 Å². The number of aromatic nitrogens is 1. The Kier molecular flexibility index (Phi) is 8.47. The van der Waals surface area contributed by atoms with Gasteiger partial charge in [-0.2, -0.15) is 0 Å². The van der Waals surface area contributed by atoms with E-state index < -0.39 is 4.92 Å². The van der Waals surface area contributed by atoms with Gasteiger partial charge in [-0.1, -0.05) is 69.6 Å². The lowest BCUT2D eigenvalue weighted by molar-refractivity contribution is -0.384. The quantitative estimate of drug-likeness (QED) is 0.276. The van der Waals surface area contributed by atoms with E-state index in [4.69, 9.17) is 0 Å². The number of nitrogens with zero attached hydrogens (tertiary/aromatic N) is 2. The molecule has 0 fully saturated rings. The van der Waals surface area contributed by atoms with E-state index in [1.165, 1.54) is 68.4 Å². The monoisotopic (exact) mass is 377 g/mol. The van der Waals surface area contributed by atoms with Crippen LogP contribution >= 0.6 is 11.3 Å². The Labute approximate surface area is 158 Å². The van der Waals surface area contributed by atoms with Crippen LogP contribution in [0.5, 0.6) is 0 Å². The molecule has 0 atom stereocenters. The predicted molar refractivity (Wildman–Crippen MR) is 107 cm³/mol. The molecular formula is C19H27N3O3S. The van der Waals surface area contributed by atoms with Crippen molar-refractivity contribution in [3.8, 4) is 0 Å². The molecule has 1 N–H and O–H groups in total. The van der Waals surface area contributed by atoms with Crippen LogP contribution in [0.3, 0.4) is 0 Å². The number of carbonyl (C=O) groups is 1. The smallest absolute Gasteiger partial charge is 0.270 e. The lowest BCUT2D eigenvalue weighted by Crippen LogP contribution is -2.10. The topological polar surface area (TPSA) is 85.1 Å². The minimum Gasteiger partial charge on any atom is -0.302 e. The molecule has 1 heterocycles. The van der Waals surface area contributed by atoms with Crippen LogP contribution in [0.1, 0.15) is 71.1 Å². The summed E-state index contributed by atoms with van der Waals surface area (Å²) < 4.78 is 0.706. The number of carbonyl (C=O) groups excluding carboxylic acids is 1. The standard InChI is InChI=1S/C19H27N3O3S/c1-2-3-4-5-6-7-8-9-10-11-18(23)21-19-20-16-13-12-15(22(24)25)14-17(16)26-19/h12-14H,2-11H2,1H3,(H,20,21,23). The lowest BCUT2D eigenvalue weighted by atomic mass is 10.1. The van der Waals surface area contributed by atoms with Crippen molar-refractivity contribution in [2.75, 3.05) is 5.32 Å². The minimum atomic E-state index is -0.429.